The van der Waals surface area contributed by atoms with Crippen LogP contribution >= 0.6 is 0 Å². The van der Waals surface area contributed by atoms with Crippen LogP contribution in [0.1, 0.15) is 5.56 Å². The number of rotatable bonds is 7. The van der Waals surface area contributed by atoms with Crippen molar-refractivity contribution in [1.29, 1.82) is 0 Å². The van der Waals surface area contributed by atoms with Crippen LogP contribution in [0.25, 0.3) is 0 Å². The Morgan fingerprint density at radius 2 is 1.83 bits per heavy atom. The minimum atomic E-state index is -0.508. The van der Waals surface area contributed by atoms with Gasteiger partial charge in [-0.05, 0) is 12.0 Å². The number of hydrogen-bond donors (Lipinski definition) is 1. The molecular weight excluding hydrogens is 308 g/mol. The summed E-state index contributed by atoms with van der Waals surface area (Å²) in [6.07, 6.45) is 2.06. The molecule has 1 aromatic heterocycles. The number of nitrogens with zero attached hydrogens (tertiary/aromatic N) is 3. The van der Waals surface area contributed by atoms with Gasteiger partial charge in [-0.25, -0.2) is 4.79 Å². The first-order valence-corrected chi connectivity index (χ1v) is 7.81. The van der Waals surface area contributed by atoms with Gasteiger partial charge < -0.3 is 10.6 Å². The first-order chi connectivity index (χ1) is 11.5. The number of hydrogen-bond acceptors (Lipinski definition) is 4. The fourth-order valence-electron chi connectivity index (χ4n) is 2.41. The fraction of sp³-hybridized carbons (Fsp3) is 0.353. The van der Waals surface area contributed by atoms with Crippen LogP contribution in [-0.4, -0.2) is 39.6 Å². The van der Waals surface area contributed by atoms with Gasteiger partial charge in [-0.15, -0.1) is 0 Å². The zero-order chi connectivity index (χ0) is 17.5. The van der Waals surface area contributed by atoms with Crippen molar-refractivity contribution >= 4 is 5.91 Å². The molecule has 0 aliphatic rings. The third-order valence-electron chi connectivity index (χ3n) is 3.83. The van der Waals surface area contributed by atoms with Crippen LogP contribution in [0.5, 0.6) is 0 Å². The molecular formula is C17H22N4O3. The third kappa shape index (κ3) is 4.42. The second kappa shape index (κ2) is 8.26. The first kappa shape index (κ1) is 17.7. The third-order valence-corrected chi connectivity index (χ3v) is 3.83. The van der Waals surface area contributed by atoms with E-state index in [4.69, 9.17) is 5.73 Å². The average molecular weight is 330 g/mol. The average Bonchev–Trinajstić information content (AvgIpc) is 2.60. The molecule has 24 heavy (non-hydrogen) atoms. The van der Waals surface area contributed by atoms with Gasteiger partial charge in [-0.2, -0.15) is 0 Å². The lowest BCUT2D eigenvalue weighted by Crippen LogP contribution is -2.43. The molecule has 1 amide bonds. The van der Waals surface area contributed by atoms with Crippen molar-refractivity contribution in [3.8, 4) is 0 Å². The molecule has 0 spiro atoms. The van der Waals surface area contributed by atoms with Crippen molar-refractivity contribution in [2.24, 2.45) is 12.8 Å². The molecule has 0 aliphatic heterocycles. The van der Waals surface area contributed by atoms with Gasteiger partial charge in [0.1, 0.15) is 6.54 Å². The maximum atomic E-state index is 12.5. The molecule has 7 nitrogen and oxygen atoms in total. The highest BCUT2D eigenvalue weighted by atomic mass is 16.2. The molecule has 7 heteroatoms. The zero-order valence-electron chi connectivity index (χ0n) is 13.7. The van der Waals surface area contributed by atoms with E-state index in [1.165, 1.54) is 23.9 Å². The maximum absolute atomic E-state index is 12.5. The van der Waals surface area contributed by atoms with E-state index in [0.717, 1.165) is 16.6 Å². The summed E-state index contributed by atoms with van der Waals surface area (Å²) in [4.78, 5) is 37.6. The molecule has 2 N–H and O–H groups in total. The summed E-state index contributed by atoms with van der Waals surface area (Å²) in [6.45, 7) is 1.19. The lowest BCUT2D eigenvalue weighted by atomic mass is 10.1. The monoisotopic (exact) mass is 330 g/mol. The summed E-state index contributed by atoms with van der Waals surface area (Å²) in [6, 6.07) is 11.1. The van der Waals surface area contributed by atoms with Crippen LogP contribution < -0.4 is 17.0 Å². The van der Waals surface area contributed by atoms with Crippen LogP contribution in [-0.2, 0) is 24.8 Å². The van der Waals surface area contributed by atoms with E-state index in [2.05, 4.69) is 0 Å². The van der Waals surface area contributed by atoms with Crippen LogP contribution in [0.15, 0.2) is 52.2 Å². The Morgan fingerprint density at radius 1 is 1.12 bits per heavy atom. The van der Waals surface area contributed by atoms with Crippen molar-refractivity contribution in [1.82, 2.24) is 14.0 Å². The first-order valence-electron chi connectivity index (χ1n) is 7.81. The summed E-state index contributed by atoms with van der Waals surface area (Å²) in [5, 5.41) is 0. The lowest BCUT2D eigenvalue weighted by molar-refractivity contribution is -0.131. The molecule has 2 aromatic rings. The molecule has 0 bridgehead atoms. The maximum Gasteiger partial charge on any atom is 0.331 e. The highest BCUT2D eigenvalue weighted by Gasteiger charge is 2.14. The van der Waals surface area contributed by atoms with Gasteiger partial charge in [-0.1, -0.05) is 30.3 Å². The highest BCUT2D eigenvalue weighted by Crippen LogP contribution is 2.02. The Morgan fingerprint density at radius 3 is 2.50 bits per heavy atom. The zero-order valence-corrected chi connectivity index (χ0v) is 13.7. The number of carbonyl (C=O) groups is 1. The van der Waals surface area contributed by atoms with Crippen LogP contribution in [0, 0.1) is 0 Å². The van der Waals surface area contributed by atoms with Crippen LogP contribution in [0.4, 0.5) is 0 Å². The van der Waals surface area contributed by atoms with E-state index in [0.29, 0.717) is 19.6 Å². The smallest absolute Gasteiger partial charge is 0.331 e. The largest absolute Gasteiger partial charge is 0.340 e. The molecule has 1 aromatic carbocycles. The fourth-order valence-corrected chi connectivity index (χ4v) is 2.41. The summed E-state index contributed by atoms with van der Waals surface area (Å²) in [5.41, 5.74) is 5.82. The van der Waals surface area contributed by atoms with Gasteiger partial charge in [0, 0.05) is 38.9 Å². The number of aromatic nitrogens is 2. The number of amides is 1. The molecule has 1 heterocycles. The summed E-state index contributed by atoms with van der Waals surface area (Å²) in [5.74, 6) is -0.197. The van der Waals surface area contributed by atoms with E-state index in [-0.39, 0.29) is 12.5 Å². The Labute approximate surface area is 139 Å². The van der Waals surface area contributed by atoms with Gasteiger partial charge in [-0.3, -0.25) is 18.7 Å². The Hall–Kier alpha value is -2.67. The van der Waals surface area contributed by atoms with Gasteiger partial charge in [0.2, 0.25) is 5.91 Å². The predicted molar refractivity (Wildman–Crippen MR) is 91.7 cm³/mol. The lowest BCUT2D eigenvalue weighted by Gasteiger charge is -2.22. The molecule has 128 valence electrons. The molecule has 2 rings (SSSR count). The van der Waals surface area contributed by atoms with E-state index in [1.807, 2.05) is 30.3 Å². The van der Waals surface area contributed by atoms with Crippen molar-refractivity contribution in [3.05, 3.63) is 69.0 Å². The highest BCUT2D eigenvalue weighted by molar-refractivity contribution is 5.76. The summed E-state index contributed by atoms with van der Waals surface area (Å²) in [7, 11) is 1.39. The quantitative estimate of drug-likeness (QED) is 0.746. The Kier molecular flexibility index (Phi) is 6.08. The van der Waals surface area contributed by atoms with E-state index < -0.39 is 11.2 Å². The molecule has 0 saturated carbocycles. The molecule has 0 saturated heterocycles. The summed E-state index contributed by atoms with van der Waals surface area (Å²) >= 11 is 0. The molecule has 0 fully saturated rings. The van der Waals surface area contributed by atoms with Crippen molar-refractivity contribution in [3.63, 3.8) is 0 Å². The second-order valence-electron chi connectivity index (χ2n) is 5.53. The summed E-state index contributed by atoms with van der Waals surface area (Å²) < 4.78 is 2.21. The van der Waals surface area contributed by atoms with E-state index in [1.54, 1.807) is 4.90 Å². The van der Waals surface area contributed by atoms with Crippen molar-refractivity contribution in [2.75, 3.05) is 19.6 Å². The number of benzene rings is 1. The second-order valence-corrected chi connectivity index (χ2v) is 5.53. The van der Waals surface area contributed by atoms with Crippen LogP contribution in [0.3, 0.4) is 0 Å². The van der Waals surface area contributed by atoms with Gasteiger partial charge in [0.25, 0.3) is 5.56 Å². The Bertz CT molecular complexity index is 795. The van der Waals surface area contributed by atoms with Gasteiger partial charge >= 0.3 is 5.69 Å². The molecule has 0 atom stereocenters. The Balaban J connectivity index is 2.07. The van der Waals surface area contributed by atoms with E-state index >= 15 is 0 Å². The van der Waals surface area contributed by atoms with E-state index in [9.17, 15) is 14.4 Å². The van der Waals surface area contributed by atoms with Gasteiger partial charge in [0.05, 0.1) is 0 Å². The standard InChI is InChI=1S/C17H22N4O3/c1-19-15(22)8-11-21(17(19)24)13-16(23)20(12-9-18)10-7-14-5-3-2-4-6-14/h2-6,8,11H,7,9-10,12-13,18H2,1H3. The number of nitrogens with two attached hydrogens (primary N) is 1. The molecule has 0 unspecified atom stereocenters. The molecule has 0 radical (unpaired) electrons. The van der Waals surface area contributed by atoms with Crippen LogP contribution in [0.2, 0.25) is 0 Å². The minimum absolute atomic E-state index is 0.109. The van der Waals surface area contributed by atoms with Crippen molar-refractivity contribution in [2.45, 2.75) is 13.0 Å². The molecule has 0 aliphatic carbocycles. The topological polar surface area (TPSA) is 90.3 Å². The number of carbonyl (C=O) groups excluding carboxylic acids is 1. The minimum Gasteiger partial charge on any atom is -0.340 e. The normalized spacial score (nSPS) is 10.6. The van der Waals surface area contributed by atoms with Gasteiger partial charge in [0.15, 0.2) is 0 Å². The van der Waals surface area contributed by atoms with Crippen molar-refractivity contribution < 1.29 is 4.79 Å². The SMILES string of the molecule is Cn1c(=O)ccn(CC(=O)N(CCN)CCc2ccccc2)c1=O. The predicted octanol–water partition coefficient (Wildman–Crippen LogP) is -0.423.